The third-order valence-corrected chi connectivity index (χ3v) is 3.28. The van der Waals surface area contributed by atoms with E-state index in [0.29, 0.717) is 16.7 Å². The molecule has 1 aromatic heterocycles. The summed E-state index contributed by atoms with van der Waals surface area (Å²) in [4.78, 5) is 0. The Morgan fingerprint density at radius 1 is 1.44 bits per heavy atom. The summed E-state index contributed by atoms with van der Waals surface area (Å²) < 4.78 is 28.9. The maximum atomic E-state index is 13.6. The molecule has 1 atom stereocenters. The Balaban J connectivity index is 2.51. The van der Waals surface area contributed by atoms with Gasteiger partial charge in [0, 0.05) is 12.1 Å². The predicted molar refractivity (Wildman–Crippen MR) is 66.0 cm³/mol. The standard InChI is InChI=1S/C12H11BrF2N2O/c1-2-17-11(8(13)6-16-17)12(18)7-4-3-5-9(14)10(7)15/h3-6,12,18H,2H2,1H3. The number of aliphatic hydroxyl groups excluding tert-OH is 1. The van der Waals surface area contributed by atoms with Gasteiger partial charge >= 0.3 is 0 Å². The first-order valence-corrected chi connectivity index (χ1v) is 6.18. The topological polar surface area (TPSA) is 38.0 Å². The van der Waals surface area contributed by atoms with Crippen LogP contribution in [0.4, 0.5) is 8.78 Å². The van der Waals surface area contributed by atoms with E-state index in [2.05, 4.69) is 21.0 Å². The van der Waals surface area contributed by atoms with Crippen molar-refractivity contribution in [1.29, 1.82) is 0 Å². The lowest BCUT2D eigenvalue weighted by Gasteiger charge is -2.14. The van der Waals surface area contributed by atoms with E-state index in [1.807, 2.05) is 6.92 Å². The van der Waals surface area contributed by atoms with Gasteiger partial charge < -0.3 is 5.11 Å². The van der Waals surface area contributed by atoms with E-state index < -0.39 is 17.7 Å². The molecule has 6 heteroatoms. The van der Waals surface area contributed by atoms with Crippen LogP contribution < -0.4 is 0 Å². The smallest absolute Gasteiger partial charge is 0.165 e. The quantitative estimate of drug-likeness (QED) is 0.945. The molecule has 0 aliphatic rings. The second-order valence-corrected chi connectivity index (χ2v) is 4.59. The lowest BCUT2D eigenvalue weighted by molar-refractivity contribution is 0.200. The number of aryl methyl sites for hydroxylation is 1. The first-order chi connectivity index (χ1) is 8.56. The molecule has 96 valence electrons. The first kappa shape index (κ1) is 13.2. The predicted octanol–water partition coefficient (Wildman–Crippen LogP) is 3.03. The third kappa shape index (κ3) is 2.18. The number of aliphatic hydroxyl groups is 1. The van der Waals surface area contributed by atoms with E-state index >= 15 is 0 Å². The van der Waals surface area contributed by atoms with E-state index in [0.717, 1.165) is 6.07 Å². The molecular weight excluding hydrogens is 306 g/mol. The van der Waals surface area contributed by atoms with Crippen LogP contribution >= 0.6 is 15.9 Å². The summed E-state index contributed by atoms with van der Waals surface area (Å²) in [5, 5.41) is 14.2. The molecule has 0 amide bonds. The normalized spacial score (nSPS) is 12.7. The van der Waals surface area contributed by atoms with E-state index in [4.69, 9.17) is 0 Å². The van der Waals surface area contributed by atoms with Crippen LogP contribution in [0.5, 0.6) is 0 Å². The molecule has 0 saturated carbocycles. The van der Waals surface area contributed by atoms with Crippen LogP contribution in [-0.4, -0.2) is 14.9 Å². The molecule has 0 aliphatic carbocycles. The van der Waals surface area contributed by atoms with Crippen molar-refractivity contribution < 1.29 is 13.9 Å². The molecule has 0 radical (unpaired) electrons. The molecule has 1 heterocycles. The van der Waals surface area contributed by atoms with Gasteiger partial charge in [0.1, 0.15) is 6.10 Å². The zero-order chi connectivity index (χ0) is 13.3. The molecule has 2 rings (SSSR count). The minimum absolute atomic E-state index is 0.106. The summed E-state index contributed by atoms with van der Waals surface area (Å²) in [5.41, 5.74) is 0.299. The monoisotopic (exact) mass is 316 g/mol. The van der Waals surface area contributed by atoms with Gasteiger partial charge in [0.05, 0.1) is 16.4 Å². The van der Waals surface area contributed by atoms with Crippen molar-refractivity contribution in [1.82, 2.24) is 9.78 Å². The van der Waals surface area contributed by atoms with Crippen molar-refractivity contribution in [2.45, 2.75) is 19.6 Å². The van der Waals surface area contributed by atoms with Gasteiger partial charge in [-0.05, 0) is 28.9 Å². The number of halogens is 3. The maximum Gasteiger partial charge on any atom is 0.165 e. The fraction of sp³-hybridized carbons (Fsp3) is 0.250. The minimum Gasteiger partial charge on any atom is -0.382 e. The highest BCUT2D eigenvalue weighted by Crippen LogP contribution is 2.30. The zero-order valence-electron chi connectivity index (χ0n) is 9.57. The van der Waals surface area contributed by atoms with Gasteiger partial charge in [-0.3, -0.25) is 4.68 Å². The molecule has 3 nitrogen and oxygen atoms in total. The third-order valence-electron chi connectivity index (χ3n) is 2.67. The number of hydrogen-bond acceptors (Lipinski definition) is 2. The second kappa shape index (κ2) is 5.16. The van der Waals surface area contributed by atoms with Crippen LogP contribution in [-0.2, 0) is 6.54 Å². The maximum absolute atomic E-state index is 13.6. The summed E-state index contributed by atoms with van der Waals surface area (Å²) in [6.07, 6.45) is 0.247. The van der Waals surface area contributed by atoms with Crippen LogP contribution in [0.15, 0.2) is 28.9 Å². The van der Waals surface area contributed by atoms with Gasteiger partial charge in [-0.15, -0.1) is 0 Å². The fourth-order valence-electron chi connectivity index (χ4n) is 1.77. The molecule has 0 saturated heterocycles. The second-order valence-electron chi connectivity index (χ2n) is 3.74. The number of hydrogen-bond donors (Lipinski definition) is 1. The fourth-order valence-corrected chi connectivity index (χ4v) is 2.29. The zero-order valence-corrected chi connectivity index (χ0v) is 11.2. The molecule has 0 fully saturated rings. The summed E-state index contributed by atoms with van der Waals surface area (Å²) >= 11 is 3.24. The highest BCUT2D eigenvalue weighted by molar-refractivity contribution is 9.10. The highest BCUT2D eigenvalue weighted by Gasteiger charge is 2.23. The largest absolute Gasteiger partial charge is 0.382 e. The van der Waals surface area contributed by atoms with Crippen LogP contribution in [0.3, 0.4) is 0 Å². The Labute approximate surface area is 111 Å². The van der Waals surface area contributed by atoms with Gasteiger partial charge in [0.2, 0.25) is 0 Å². The number of benzene rings is 1. The molecule has 1 unspecified atom stereocenters. The van der Waals surface area contributed by atoms with Crippen molar-refractivity contribution in [3.8, 4) is 0 Å². The van der Waals surface area contributed by atoms with Crippen molar-refractivity contribution in [2.24, 2.45) is 0 Å². The van der Waals surface area contributed by atoms with Crippen LogP contribution in [0.2, 0.25) is 0 Å². The molecule has 1 aromatic carbocycles. The van der Waals surface area contributed by atoms with Gasteiger partial charge in [0.25, 0.3) is 0 Å². The molecule has 2 aromatic rings. The number of nitrogens with zero attached hydrogens (tertiary/aromatic N) is 2. The minimum atomic E-state index is -1.27. The lowest BCUT2D eigenvalue weighted by atomic mass is 10.1. The first-order valence-electron chi connectivity index (χ1n) is 5.39. The Bertz CT molecular complexity index is 571. The average Bonchev–Trinajstić information content (AvgIpc) is 2.73. The van der Waals surface area contributed by atoms with Gasteiger partial charge in [-0.25, -0.2) is 8.78 Å². The summed E-state index contributed by atoms with van der Waals surface area (Å²) in [6.45, 7) is 2.37. The highest BCUT2D eigenvalue weighted by atomic mass is 79.9. The summed E-state index contributed by atoms with van der Waals surface area (Å²) in [5.74, 6) is -2.02. The summed E-state index contributed by atoms with van der Waals surface area (Å²) in [7, 11) is 0. The Morgan fingerprint density at radius 2 is 2.17 bits per heavy atom. The Hall–Kier alpha value is -1.27. The van der Waals surface area contributed by atoms with E-state index in [1.54, 1.807) is 0 Å². The van der Waals surface area contributed by atoms with Crippen LogP contribution in [0.25, 0.3) is 0 Å². The molecule has 0 aliphatic heterocycles. The summed E-state index contributed by atoms with van der Waals surface area (Å²) in [6, 6.07) is 3.72. The van der Waals surface area contributed by atoms with E-state index in [1.165, 1.54) is 23.0 Å². The molecule has 0 bridgehead atoms. The SMILES string of the molecule is CCn1ncc(Br)c1C(O)c1cccc(F)c1F. The van der Waals surface area contributed by atoms with Gasteiger partial charge in [-0.1, -0.05) is 12.1 Å². The van der Waals surface area contributed by atoms with E-state index in [-0.39, 0.29) is 5.56 Å². The molecular formula is C12H11BrF2N2O. The van der Waals surface area contributed by atoms with Gasteiger partial charge in [-0.2, -0.15) is 5.10 Å². The molecule has 18 heavy (non-hydrogen) atoms. The number of aromatic nitrogens is 2. The van der Waals surface area contributed by atoms with Crippen molar-refractivity contribution in [2.75, 3.05) is 0 Å². The average molecular weight is 317 g/mol. The lowest BCUT2D eigenvalue weighted by Crippen LogP contribution is -2.11. The van der Waals surface area contributed by atoms with Gasteiger partial charge in [0.15, 0.2) is 11.6 Å². The molecule has 1 N–H and O–H groups in total. The van der Waals surface area contributed by atoms with Crippen molar-refractivity contribution in [3.63, 3.8) is 0 Å². The van der Waals surface area contributed by atoms with Crippen molar-refractivity contribution in [3.05, 3.63) is 51.8 Å². The Kier molecular flexibility index (Phi) is 3.77. The Morgan fingerprint density at radius 3 is 2.83 bits per heavy atom. The van der Waals surface area contributed by atoms with E-state index in [9.17, 15) is 13.9 Å². The van der Waals surface area contributed by atoms with Crippen LogP contribution in [0, 0.1) is 11.6 Å². The van der Waals surface area contributed by atoms with Crippen molar-refractivity contribution >= 4 is 15.9 Å². The van der Waals surface area contributed by atoms with Crippen LogP contribution in [0.1, 0.15) is 24.3 Å². The molecule has 0 spiro atoms. The number of rotatable bonds is 3.